The summed E-state index contributed by atoms with van der Waals surface area (Å²) >= 11 is 0. The van der Waals surface area contributed by atoms with Crippen molar-refractivity contribution < 1.29 is 40.3 Å². The highest BCUT2D eigenvalue weighted by Gasteiger charge is 2.73. The molecule has 1 aromatic carbocycles. The number of hydrogen-bond acceptors (Lipinski definition) is 4. The van der Waals surface area contributed by atoms with Crippen LogP contribution in [0.3, 0.4) is 0 Å². The van der Waals surface area contributed by atoms with E-state index in [9.17, 15) is 40.3 Å². The van der Waals surface area contributed by atoms with Gasteiger partial charge in [-0.25, -0.2) is 19.1 Å². The van der Waals surface area contributed by atoms with Gasteiger partial charge in [0.05, 0.1) is 18.4 Å². The number of benzene rings is 1. The standard InChI is InChI=1S/C22H17F7N4O2/c23-20(21(24,25)26,22(27,28)29)16-5-6-17-15(9-16)12-32(31-11-14-2-1-7-30-10-14)19(35)33(17)18(34)8-13-3-4-13/h1-2,5-7,9-11,13H,3-4,8,12H2. The maximum Gasteiger partial charge on any atom is 0.435 e. The minimum absolute atomic E-state index is 0.0289. The second-order valence-electron chi connectivity index (χ2n) is 8.25. The van der Waals surface area contributed by atoms with Gasteiger partial charge in [-0.05, 0) is 42.5 Å². The summed E-state index contributed by atoms with van der Waals surface area (Å²) in [4.78, 5) is 30.4. The molecular weight excluding hydrogens is 485 g/mol. The first-order chi connectivity index (χ1) is 16.3. The number of nitrogens with zero attached hydrogens (tertiary/aromatic N) is 4. The van der Waals surface area contributed by atoms with Crippen LogP contribution in [-0.4, -0.2) is 40.5 Å². The highest BCUT2D eigenvalue weighted by Crippen LogP contribution is 2.54. The first-order valence-corrected chi connectivity index (χ1v) is 10.4. The number of fused-ring (bicyclic) bond motifs is 1. The molecule has 0 spiro atoms. The number of urea groups is 1. The number of halogens is 7. The Hall–Kier alpha value is -3.51. The zero-order valence-electron chi connectivity index (χ0n) is 17.8. The third-order valence-electron chi connectivity index (χ3n) is 5.67. The van der Waals surface area contributed by atoms with Crippen molar-refractivity contribution in [1.82, 2.24) is 9.99 Å². The number of hydrogen-bond donors (Lipinski definition) is 0. The number of aromatic nitrogens is 1. The molecule has 1 aliphatic carbocycles. The van der Waals surface area contributed by atoms with Crippen molar-refractivity contribution >= 4 is 23.8 Å². The molecule has 3 amide bonds. The van der Waals surface area contributed by atoms with Crippen molar-refractivity contribution in [2.45, 2.75) is 43.8 Å². The van der Waals surface area contributed by atoms with E-state index in [1.165, 1.54) is 18.6 Å². The number of imide groups is 1. The molecule has 6 nitrogen and oxygen atoms in total. The smallest absolute Gasteiger partial charge is 0.274 e. The first kappa shape index (κ1) is 24.6. The number of amides is 3. The van der Waals surface area contributed by atoms with E-state index in [-0.39, 0.29) is 23.6 Å². The lowest BCUT2D eigenvalue weighted by atomic mass is 9.91. The molecule has 4 rings (SSSR count). The first-order valence-electron chi connectivity index (χ1n) is 10.4. The Labute approximate surface area is 194 Å². The van der Waals surface area contributed by atoms with Crippen LogP contribution >= 0.6 is 0 Å². The van der Waals surface area contributed by atoms with Gasteiger partial charge in [-0.3, -0.25) is 9.78 Å². The van der Waals surface area contributed by atoms with Gasteiger partial charge in [0.15, 0.2) is 0 Å². The summed E-state index contributed by atoms with van der Waals surface area (Å²) in [5.41, 5.74) is -7.44. The van der Waals surface area contributed by atoms with E-state index in [2.05, 4.69) is 10.1 Å². The maximum absolute atomic E-state index is 14.6. The third kappa shape index (κ3) is 4.58. The second-order valence-corrected chi connectivity index (χ2v) is 8.25. The predicted octanol–water partition coefficient (Wildman–Crippen LogP) is 5.47. The van der Waals surface area contributed by atoms with Gasteiger partial charge >= 0.3 is 24.1 Å². The molecule has 1 saturated carbocycles. The fourth-order valence-electron chi connectivity index (χ4n) is 3.66. The van der Waals surface area contributed by atoms with Crippen LogP contribution in [0.1, 0.15) is 36.0 Å². The third-order valence-corrected chi connectivity index (χ3v) is 5.67. The monoisotopic (exact) mass is 502 g/mol. The molecule has 2 aliphatic rings. The average Bonchev–Trinajstić information content (AvgIpc) is 3.59. The van der Waals surface area contributed by atoms with Crippen LogP contribution in [0.4, 0.5) is 41.2 Å². The van der Waals surface area contributed by atoms with Gasteiger partial charge < -0.3 is 0 Å². The molecule has 0 atom stereocenters. The van der Waals surface area contributed by atoms with Crippen LogP contribution in [-0.2, 0) is 17.0 Å². The van der Waals surface area contributed by atoms with Gasteiger partial charge in [0, 0.05) is 29.9 Å². The Morgan fingerprint density at radius 1 is 1.09 bits per heavy atom. The van der Waals surface area contributed by atoms with E-state index >= 15 is 0 Å². The van der Waals surface area contributed by atoms with Gasteiger partial charge in [0.1, 0.15) is 0 Å². The highest BCUT2D eigenvalue weighted by atomic mass is 19.4. The van der Waals surface area contributed by atoms with E-state index in [4.69, 9.17) is 0 Å². The van der Waals surface area contributed by atoms with Gasteiger partial charge in [-0.15, -0.1) is 0 Å². The number of carbonyl (C=O) groups excluding carboxylic acids is 2. The van der Waals surface area contributed by atoms with Crippen molar-refractivity contribution in [3.05, 3.63) is 59.4 Å². The molecule has 1 aromatic heterocycles. The van der Waals surface area contributed by atoms with Crippen LogP contribution < -0.4 is 4.90 Å². The number of carbonyl (C=O) groups is 2. The number of pyridine rings is 1. The number of anilines is 1. The summed E-state index contributed by atoms with van der Waals surface area (Å²) in [7, 11) is 0. The molecule has 0 unspecified atom stereocenters. The molecule has 1 fully saturated rings. The summed E-state index contributed by atoms with van der Waals surface area (Å²) in [6.45, 7) is -0.586. The number of hydrazone groups is 1. The van der Waals surface area contributed by atoms with Gasteiger partial charge in [0.25, 0.3) is 0 Å². The van der Waals surface area contributed by atoms with Crippen molar-refractivity contribution in [3.63, 3.8) is 0 Å². The molecule has 1 aliphatic heterocycles. The molecule has 0 radical (unpaired) electrons. The fraction of sp³-hybridized carbons (Fsp3) is 0.364. The zero-order valence-corrected chi connectivity index (χ0v) is 17.8. The summed E-state index contributed by atoms with van der Waals surface area (Å²) in [6, 6.07) is 3.60. The summed E-state index contributed by atoms with van der Waals surface area (Å²) in [5, 5.41) is 4.65. The van der Waals surface area contributed by atoms with E-state index in [0.29, 0.717) is 27.6 Å². The Bertz CT molecular complexity index is 1150. The number of alkyl halides is 7. The van der Waals surface area contributed by atoms with Crippen LogP contribution in [0.15, 0.2) is 47.8 Å². The molecule has 2 aromatic rings. The second kappa shape index (κ2) is 8.61. The molecule has 2 heterocycles. The summed E-state index contributed by atoms with van der Waals surface area (Å²) < 4.78 is 94.2. The largest absolute Gasteiger partial charge is 0.435 e. The molecular formula is C22H17F7N4O2. The van der Waals surface area contributed by atoms with Crippen molar-refractivity contribution in [3.8, 4) is 0 Å². The highest BCUT2D eigenvalue weighted by molar-refractivity contribution is 6.15. The fourth-order valence-corrected chi connectivity index (χ4v) is 3.66. The van der Waals surface area contributed by atoms with Crippen LogP contribution in [0, 0.1) is 5.92 Å². The summed E-state index contributed by atoms with van der Waals surface area (Å²) in [5.74, 6) is -0.660. The molecule has 35 heavy (non-hydrogen) atoms. The minimum atomic E-state index is -6.30. The van der Waals surface area contributed by atoms with Gasteiger partial charge in [-0.2, -0.15) is 31.4 Å². The quantitative estimate of drug-likeness (QED) is 0.402. The lowest BCUT2D eigenvalue weighted by Crippen LogP contribution is -2.51. The van der Waals surface area contributed by atoms with E-state index in [0.717, 1.165) is 18.9 Å². The Kier molecular flexibility index (Phi) is 6.05. The number of rotatable bonds is 5. The van der Waals surface area contributed by atoms with Crippen LogP contribution in [0.5, 0.6) is 0 Å². The molecule has 0 saturated heterocycles. The van der Waals surface area contributed by atoms with E-state index in [1.54, 1.807) is 12.1 Å². The molecule has 0 bridgehead atoms. The van der Waals surface area contributed by atoms with Crippen molar-refractivity contribution in [2.75, 3.05) is 4.90 Å². The van der Waals surface area contributed by atoms with Gasteiger partial charge in [-0.1, -0.05) is 12.1 Å². The summed E-state index contributed by atoms with van der Waals surface area (Å²) in [6.07, 6.45) is -7.07. The molecule has 0 N–H and O–H groups in total. The topological polar surface area (TPSA) is 65.9 Å². The normalized spacial score (nSPS) is 17.2. The zero-order chi connectivity index (χ0) is 25.6. The Morgan fingerprint density at radius 3 is 2.34 bits per heavy atom. The van der Waals surface area contributed by atoms with E-state index in [1.807, 2.05) is 0 Å². The van der Waals surface area contributed by atoms with Crippen LogP contribution in [0.2, 0.25) is 0 Å². The lowest BCUT2D eigenvalue weighted by Gasteiger charge is -2.35. The Morgan fingerprint density at radius 2 is 1.77 bits per heavy atom. The molecule has 13 heteroatoms. The predicted molar refractivity (Wildman–Crippen MR) is 109 cm³/mol. The van der Waals surface area contributed by atoms with Gasteiger partial charge in [0.2, 0.25) is 5.91 Å². The van der Waals surface area contributed by atoms with E-state index < -0.39 is 42.1 Å². The molecule has 186 valence electrons. The van der Waals surface area contributed by atoms with Crippen molar-refractivity contribution in [1.29, 1.82) is 0 Å². The average molecular weight is 502 g/mol. The van der Waals surface area contributed by atoms with Crippen molar-refractivity contribution in [2.24, 2.45) is 11.0 Å². The maximum atomic E-state index is 14.6. The minimum Gasteiger partial charge on any atom is -0.274 e. The Balaban J connectivity index is 1.78. The lowest BCUT2D eigenvalue weighted by molar-refractivity contribution is -0.348. The van der Waals surface area contributed by atoms with Crippen LogP contribution in [0.25, 0.3) is 0 Å². The SMILES string of the molecule is O=C(CC1CC1)N1C(=O)N(N=Cc2cccnc2)Cc2cc(C(F)(C(F)(F)F)C(F)(F)F)ccc21.